The molecule has 0 aliphatic heterocycles. The molecule has 0 saturated carbocycles. The standard InChI is InChI=1S/C2H6ClN2OP/c1-5(2)4-7(3)6/h1-2H3. The summed E-state index contributed by atoms with van der Waals surface area (Å²) < 4.78 is 0. The van der Waals surface area contributed by atoms with Gasteiger partial charge in [0.2, 0.25) is 0 Å². The van der Waals surface area contributed by atoms with Crippen molar-refractivity contribution >= 4 is 18.5 Å². The molecule has 0 aliphatic carbocycles. The van der Waals surface area contributed by atoms with E-state index in [4.69, 9.17) is 11.2 Å². The Morgan fingerprint density at radius 1 is 1.71 bits per heavy atom. The van der Waals surface area contributed by atoms with Crippen molar-refractivity contribution in [3.8, 4) is 0 Å². The van der Waals surface area contributed by atoms with Gasteiger partial charge >= 0.3 is 7.29 Å². The zero-order chi connectivity index (χ0) is 5.86. The summed E-state index contributed by atoms with van der Waals surface area (Å²) in [7, 11) is 1.46. The van der Waals surface area contributed by atoms with E-state index in [2.05, 4.69) is 4.85 Å². The van der Waals surface area contributed by atoms with Gasteiger partial charge in [0.15, 0.2) is 11.2 Å². The molecule has 7 heavy (non-hydrogen) atoms. The third-order valence-electron chi connectivity index (χ3n) is 0.249. The van der Waals surface area contributed by atoms with Crippen molar-refractivity contribution in [2.45, 2.75) is 0 Å². The lowest BCUT2D eigenvalue weighted by atomic mass is 11.2. The maximum absolute atomic E-state index is 9.96. The molecule has 0 N–H and O–H groups in total. The highest BCUT2D eigenvalue weighted by molar-refractivity contribution is 7.69. The number of rotatable bonds is 1. The van der Waals surface area contributed by atoms with E-state index < -0.39 is 7.29 Å². The average Bonchev–Trinajstić information content (AvgIpc) is 1.27. The van der Waals surface area contributed by atoms with Crippen LogP contribution in [0.4, 0.5) is 0 Å². The summed E-state index contributed by atoms with van der Waals surface area (Å²) in [6, 6.07) is 0. The number of hydrogen-bond donors (Lipinski definition) is 0. The molecule has 1 unspecified atom stereocenters. The van der Waals surface area contributed by atoms with Crippen LogP contribution in [0.25, 0.3) is 0 Å². The highest BCUT2D eigenvalue weighted by Crippen LogP contribution is 2.19. The third-order valence-corrected chi connectivity index (χ3v) is 0.950. The van der Waals surface area contributed by atoms with Crippen molar-refractivity contribution < 1.29 is 4.89 Å². The molecule has 0 aromatic heterocycles. The van der Waals surface area contributed by atoms with Crippen molar-refractivity contribution in [1.29, 1.82) is 0 Å². The second kappa shape index (κ2) is 3.33. The fraction of sp³-hybridized carbons (Fsp3) is 1.00. The Balaban J connectivity index is 3.45. The lowest BCUT2D eigenvalue weighted by molar-refractivity contribution is -0.151. The van der Waals surface area contributed by atoms with Crippen LogP contribution in [0.15, 0.2) is 4.85 Å². The monoisotopic (exact) mass is 140 g/mol. The van der Waals surface area contributed by atoms with Crippen molar-refractivity contribution in [2.75, 3.05) is 14.1 Å². The molecule has 0 spiro atoms. The Bertz CT molecular complexity index is 79.8. The summed E-state index contributed by atoms with van der Waals surface area (Å²) in [4.78, 5) is 13.3. The molecule has 0 aliphatic rings. The maximum atomic E-state index is 9.96. The van der Waals surface area contributed by atoms with Gasteiger partial charge < -0.3 is 4.89 Å². The minimum absolute atomic E-state index is 1.41. The van der Waals surface area contributed by atoms with E-state index in [1.807, 2.05) is 0 Å². The van der Waals surface area contributed by atoms with Crippen molar-refractivity contribution in [1.82, 2.24) is 5.01 Å². The highest BCUT2D eigenvalue weighted by Gasteiger charge is 1.88. The zero-order valence-electron chi connectivity index (χ0n) is 4.13. The maximum Gasteiger partial charge on any atom is 0.306 e. The Hall–Kier alpha value is 0.310. The normalized spacial score (nSPS) is 13.0. The van der Waals surface area contributed by atoms with Crippen LogP contribution >= 0.6 is 18.5 Å². The van der Waals surface area contributed by atoms with Gasteiger partial charge in [0.1, 0.15) is 0 Å². The van der Waals surface area contributed by atoms with Crippen LogP contribution in [0.3, 0.4) is 0 Å². The lowest BCUT2D eigenvalue weighted by Gasteiger charge is -1.91. The van der Waals surface area contributed by atoms with Crippen LogP contribution in [0.5, 0.6) is 0 Å². The molecule has 3 nitrogen and oxygen atoms in total. The first kappa shape index (κ1) is 7.31. The molecule has 0 bridgehead atoms. The molecule has 1 atom stereocenters. The molecule has 0 amide bonds. The number of hydrogen-bond acceptors (Lipinski definition) is 2. The lowest BCUT2D eigenvalue weighted by Crippen LogP contribution is -2.00. The van der Waals surface area contributed by atoms with Crippen LogP contribution in [0.2, 0.25) is 0 Å². The number of halogens is 1. The first-order valence-corrected chi connectivity index (χ1v) is 3.76. The molecule has 0 radical (unpaired) electrons. The Morgan fingerprint density at radius 3 is 2.14 bits per heavy atom. The van der Waals surface area contributed by atoms with Crippen LogP contribution in [0.1, 0.15) is 0 Å². The summed E-state index contributed by atoms with van der Waals surface area (Å²) >= 11 is 4.97. The first-order valence-electron chi connectivity index (χ1n) is 1.65. The second-order valence-corrected chi connectivity index (χ2v) is 2.66. The Morgan fingerprint density at radius 2 is 2.14 bits per heavy atom. The molecule has 0 aromatic carbocycles. The third kappa shape index (κ3) is 6.31. The second-order valence-electron chi connectivity index (χ2n) is 1.16. The quantitative estimate of drug-likeness (QED) is 0.394. The van der Waals surface area contributed by atoms with Crippen molar-refractivity contribution in [2.24, 2.45) is 4.85 Å². The van der Waals surface area contributed by atoms with E-state index in [1.54, 1.807) is 14.1 Å². The molecule has 42 valence electrons. The van der Waals surface area contributed by atoms with Crippen LogP contribution in [0, 0.1) is 0 Å². The number of nitrogens with zero attached hydrogens (tertiary/aromatic N) is 2. The van der Waals surface area contributed by atoms with Gasteiger partial charge in [0.05, 0.1) is 0 Å². The molecule has 0 saturated heterocycles. The van der Waals surface area contributed by atoms with Crippen molar-refractivity contribution in [3.05, 3.63) is 0 Å². The van der Waals surface area contributed by atoms with Gasteiger partial charge in [-0.15, -0.1) is 0 Å². The van der Waals surface area contributed by atoms with Gasteiger partial charge in [0.25, 0.3) is 0 Å². The molecular weight excluding hydrogens is 134 g/mol. The molecule has 5 heteroatoms. The minimum atomic E-state index is -1.87. The average molecular weight is 141 g/mol. The minimum Gasteiger partial charge on any atom is -0.595 e. The molecule has 0 aromatic rings. The Labute approximate surface area is 48.2 Å². The molecule has 0 fully saturated rings. The smallest absolute Gasteiger partial charge is 0.306 e. The van der Waals surface area contributed by atoms with Crippen molar-refractivity contribution in [3.63, 3.8) is 0 Å². The summed E-state index contributed by atoms with van der Waals surface area (Å²) in [5.74, 6) is 0. The van der Waals surface area contributed by atoms with E-state index in [0.29, 0.717) is 0 Å². The van der Waals surface area contributed by atoms with E-state index in [0.717, 1.165) is 0 Å². The van der Waals surface area contributed by atoms with E-state index in [-0.39, 0.29) is 0 Å². The highest BCUT2D eigenvalue weighted by atomic mass is 35.7. The SMILES string of the molecule is CN(C)N=[P+]([O-])Cl. The molecule has 0 heterocycles. The van der Waals surface area contributed by atoms with E-state index in [1.165, 1.54) is 5.01 Å². The molecular formula is C2H6ClN2OP. The van der Waals surface area contributed by atoms with Crippen LogP contribution in [-0.4, -0.2) is 19.1 Å². The Kier molecular flexibility index (Phi) is 3.48. The van der Waals surface area contributed by atoms with Gasteiger partial charge in [-0.3, -0.25) is 0 Å². The fourth-order valence-corrected chi connectivity index (χ4v) is 0.828. The summed E-state index contributed by atoms with van der Waals surface area (Å²) in [5, 5.41) is 1.41. The van der Waals surface area contributed by atoms with E-state index >= 15 is 0 Å². The molecule has 0 rings (SSSR count). The van der Waals surface area contributed by atoms with Gasteiger partial charge in [-0.1, -0.05) is 0 Å². The van der Waals surface area contributed by atoms with E-state index in [9.17, 15) is 4.89 Å². The summed E-state index contributed by atoms with van der Waals surface area (Å²) in [5.41, 5.74) is 0. The first-order chi connectivity index (χ1) is 3.13. The van der Waals surface area contributed by atoms with Crippen LogP contribution < -0.4 is 4.89 Å². The predicted molar refractivity (Wildman–Crippen MR) is 28.9 cm³/mol. The fourth-order valence-electron chi connectivity index (χ4n) is 0.141. The van der Waals surface area contributed by atoms with Crippen LogP contribution in [-0.2, 0) is 0 Å². The summed E-state index contributed by atoms with van der Waals surface area (Å²) in [6.45, 7) is 0. The summed E-state index contributed by atoms with van der Waals surface area (Å²) in [6.07, 6.45) is 0. The van der Waals surface area contributed by atoms with Gasteiger partial charge in [-0.25, -0.2) is 0 Å². The van der Waals surface area contributed by atoms with Gasteiger partial charge in [-0.2, -0.15) is 5.01 Å². The largest absolute Gasteiger partial charge is 0.595 e. The topological polar surface area (TPSA) is 38.7 Å². The van der Waals surface area contributed by atoms with Gasteiger partial charge in [0, 0.05) is 14.1 Å². The zero-order valence-corrected chi connectivity index (χ0v) is 5.78. The predicted octanol–water partition coefficient (Wildman–Crippen LogP) is 0.558. The van der Waals surface area contributed by atoms with Gasteiger partial charge in [-0.05, 0) is 4.85 Å².